The molecule has 34 heavy (non-hydrogen) atoms. The monoisotopic (exact) mass is 517 g/mol. The molecule has 1 N–H and O–H groups in total. The molecule has 3 aromatic rings. The molecule has 1 atom stereocenters. The smallest absolute Gasteiger partial charge is 0.279 e. The molecular weight excluding hydrogens is 494 g/mol. The molecule has 0 saturated heterocycles. The predicted octanol–water partition coefficient (Wildman–Crippen LogP) is 4.95. The molecule has 0 aliphatic carbocycles. The van der Waals surface area contributed by atoms with Crippen molar-refractivity contribution in [3.63, 3.8) is 0 Å². The Balaban J connectivity index is 1.72. The number of aryl methyl sites for hydroxylation is 1. The number of sulfonamides is 2. The first-order valence-electron chi connectivity index (χ1n) is 10.6. The lowest BCUT2D eigenvalue weighted by molar-refractivity contribution is 0.371. The van der Waals surface area contributed by atoms with Crippen LogP contribution in [0.15, 0.2) is 82.8 Å². The number of nitrogens with one attached hydrogen (secondary N) is 1. The summed E-state index contributed by atoms with van der Waals surface area (Å²) < 4.78 is 54.4. The SMILES string of the molecule is CCS(=O)(=O)Nc1ccc(C2=NN(S(=O)(=O)c3cccc(Cl)c3)[C@@H](c3ccc(C)cc3)C2)cc1. The zero-order valence-corrected chi connectivity index (χ0v) is 21.0. The van der Waals surface area contributed by atoms with Gasteiger partial charge in [-0.1, -0.05) is 59.6 Å². The third-order valence-electron chi connectivity index (χ3n) is 5.55. The fraction of sp³-hybridized carbons (Fsp3) is 0.208. The molecule has 0 unspecified atom stereocenters. The summed E-state index contributed by atoms with van der Waals surface area (Å²) in [5.74, 6) is -0.0317. The predicted molar refractivity (Wildman–Crippen MR) is 135 cm³/mol. The van der Waals surface area contributed by atoms with Gasteiger partial charge in [0, 0.05) is 17.1 Å². The Morgan fingerprint density at radius 2 is 1.68 bits per heavy atom. The van der Waals surface area contributed by atoms with Crippen LogP contribution in [0.3, 0.4) is 0 Å². The third-order valence-corrected chi connectivity index (χ3v) is 8.77. The molecule has 0 bridgehead atoms. The van der Waals surface area contributed by atoms with Gasteiger partial charge in [-0.25, -0.2) is 8.42 Å². The van der Waals surface area contributed by atoms with E-state index in [1.807, 2.05) is 31.2 Å². The molecule has 10 heteroatoms. The second-order valence-corrected chi connectivity index (χ2v) is 12.2. The number of halogens is 1. The highest BCUT2D eigenvalue weighted by atomic mass is 35.5. The Labute approximate surface area is 205 Å². The van der Waals surface area contributed by atoms with Crippen molar-refractivity contribution in [2.45, 2.75) is 31.2 Å². The summed E-state index contributed by atoms with van der Waals surface area (Å²) in [6, 6.07) is 20.0. The fourth-order valence-corrected chi connectivity index (χ4v) is 6.01. The number of hydrazone groups is 1. The van der Waals surface area contributed by atoms with E-state index < -0.39 is 26.1 Å². The van der Waals surface area contributed by atoms with E-state index in [4.69, 9.17) is 11.6 Å². The van der Waals surface area contributed by atoms with E-state index in [2.05, 4.69) is 9.82 Å². The van der Waals surface area contributed by atoms with Gasteiger partial charge in [0.2, 0.25) is 10.0 Å². The molecule has 7 nitrogen and oxygen atoms in total. The van der Waals surface area contributed by atoms with Crippen LogP contribution in [0.2, 0.25) is 5.02 Å². The van der Waals surface area contributed by atoms with Crippen molar-refractivity contribution in [1.29, 1.82) is 0 Å². The average molecular weight is 518 g/mol. The molecule has 0 amide bonds. The Kier molecular flexibility index (Phi) is 6.71. The fourth-order valence-electron chi connectivity index (χ4n) is 3.64. The van der Waals surface area contributed by atoms with E-state index in [-0.39, 0.29) is 10.6 Å². The van der Waals surface area contributed by atoms with Crippen LogP contribution in [-0.4, -0.2) is 32.7 Å². The lowest BCUT2D eigenvalue weighted by Gasteiger charge is -2.23. The number of nitrogens with zero attached hydrogens (tertiary/aromatic N) is 2. The summed E-state index contributed by atoms with van der Waals surface area (Å²) in [7, 11) is -7.37. The Hall–Kier alpha value is -2.88. The van der Waals surface area contributed by atoms with E-state index >= 15 is 0 Å². The van der Waals surface area contributed by atoms with Gasteiger partial charge in [0.1, 0.15) is 0 Å². The minimum atomic E-state index is -3.98. The van der Waals surface area contributed by atoms with Gasteiger partial charge in [0.05, 0.1) is 22.4 Å². The molecule has 3 aromatic carbocycles. The highest BCUT2D eigenvalue weighted by Crippen LogP contribution is 2.37. The molecule has 0 saturated carbocycles. The molecule has 1 aliphatic rings. The summed E-state index contributed by atoms with van der Waals surface area (Å²) in [6.07, 6.45) is 0.364. The summed E-state index contributed by atoms with van der Waals surface area (Å²) >= 11 is 6.06. The summed E-state index contributed by atoms with van der Waals surface area (Å²) in [4.78, 5) is 0.0615. The Morgan fingerprint density at radius 1 is 1.00 bits per heavy atom. The maximum absolute atomic E-state index is 13.5. The number of rotatable bonds is 7. The second-order valence-electron chi connectivity index (χ2n) is 8.00. The summed E-state index contributed by atoms with van der Waals surface area (Å²) in [5, 5.41) is 4.84. The van der Waals surface area contributed by atoms with Crippen molar-refractivity contribution in [3.8, 4) is 0 Å². The van der Waals surface area contributed by atoms with E-state index in [0.29, 0.717) is 28.4 Å². The van der Waals surface area contributed by atoms with Crippen molar-refractivity contribution < 1.29 is 16.8 Å². The van der Waals surface area contributed by atoms with Crippen molar-refractivity contribution >= 4 is 43.0 Å². The zero-order valence-electron chi connectivity index (χ0n) is 18.6. The second kappa shape index (κ2) is 9.40. The first-order chi connectivity index (χ1) is 16.1. The molecule has 4 rings (SSSR count). The standard InChI is InChI=1S/C24H24ClN3O4S2/c1-3-33(29,30)27-21-13-11-18(12-14-21)23-16-24(19-9-7-17(2)8-10-19)28(26-23)34(31,32)22-6-4-5-20(25)15-22/h4-15,24,27H,3,16H2,1-2H3/t24-/m1/s1. The first-order valence-corrected chi connectivity index (χ1v) is 14.1. The van der Waals surface area contributed by atoms with Gasteiger partial charge in [-0.05, 0) is 55.3 Å². The van der Waals surface area contributed by atoms with Gasteiger partial charge in [0.25, 0.3) is 10.0 Å². The lowest BCUT2D eigenvalue weighted by Crippen LogP contribution is -2.27. The molecule has 0 fully saturated rings. The van der Waals surface area contributed by atoms with Gasteiger partial charge in [-0.2, -0.15) is 17.9 Å². The molecule has 0 aromatic heterocycles. The number of anilines is 1. The molecule has 0 spiro atoms. The van der Waals surface area contributed by atoms with Crippen LogP contribution in [0.4, 0.5) is 5.69 Å². The highest BCUT2D eigenvalue weighted by Gasteiger charge is 2.37. The maximum atomic E-state index is 13.5. The molecule has 178 valence electrons. The summed E-state index contributed by atoms with van der Waals surface area (Å²) in [5.41, 5.74) is 3.61. The van der Waals surface area contributed by atoms with Gasteiger partial charge < -0.3 is 0 Å². The van der Waals surface area contributed by atoms with Crippen LogP contribution >= 0.6 is 11.6 Å². The van der Waals surface area contributed by atoms with Crippen LogP contribution in [0, 0.1) is 6.92 Å². The van der Waals surface area contributed by atoms with Crippen molar-refractivity contribution in [1.82, 2.24) is 4.41 Å². The topological polar surface area (TPSA) is 95.9 Å². The van der Waals surface area contributed by atoms with Gasteiger partial charge in [-0.15, -0.1) is 0 Å². The van der Waals surface area contributed by atoms with Crippen LogP contribution in [0.5, 0.6) is 0 Å². The molecule has 0 radical (unpaired) electrons. The van der Waals surface area contributed by atoms with Gasteiger partial charge >= 0.3 is 0 Å². The van der Waals surface area contributed by atoms with Gasteiger partial charge in [-0.3, -0.25) is 4.72 Å². The lowest BCUT2D eigenvalue weighted by atomic mass is 9.98. The van der Waals surface area contributed by atoms with Crippen LogP contribution < -0.4 is 4.72 Å². The van der Waals surface area contributed by atoms with Crippen LogP contribution in [0.25, 0.3) is 0 Å². The minimum absolute atomic E-state index is 0.0317. The van der Waals surface area contributed by atoms with Crippen molar-refractivity contribution in [2.75, 3.05) is 10.5 Å². The molecular formula is C24H24ClN3O4S2. The van der Waals surface area contributed by atoms with Crippen LogP contribution in [0.1, 0.15) is 36.1 Å². The van der Waals surface area contributed by atoms with Crippen LogP contribution in [-0.2, 0) is 20.0 Å². The zero-order chi connectivity index (χ0) is 24.5. The first kappa shape index (κ1) is 24.3. The number of hydrogen-bond acceptors (Lipinski definition) is 5. The maximum Gasteiger partial charge on any atom is 0.279 e. The number of hydrogen-bond donors (Lipinski definition) is 1. The van der Waals surface area contributed by atoms with E-state index in [0.717, 1.165) is 15.5 Å². The van der Waals surface area contributed by atoms with E-state index in [1.165, 1.54) is 12.1 Å². The molecule has 1 heterocycles. The molecule has 1 aliphatic heterocycles. The Morgan fingerprint density at radius 3 is 2.29 bits per heavy atom. The number of benzene rings is 3. The largest absolute Gasteiger partial charge is 0.284 e. The quantitative estimate of drug-likeness (QED) is 0.479. The third kappa shape index (κ3) is 5.11. The normalized spacial score (nSPS) is 16.4. The minimum Gasteiger partial charge on any atom is -0.284 e. The van der Waals surface area contributed by atoms with E-state index in [9.17, 15) is 16.8 Å². The highest BCUT2D eigenvalue weighted by molar-refractivity contribution is 7.92. The average Bonchev–Trinajstić information content (AvgIpc) is 3.26. The van der Waals surface area contributed by atoms with Crippen molar-refractivity contribution in [3.05, 3.63) is 94.5 Å². The summed E-state index contributed by atoms with van der Waals surface area (Å²) in [6.45, 7) is 3.53. The van der Waals surface area contributed by atoms with E-state index in [1.54, 1.807) is 43.3 Å². The Bertz CT molecular complexity index is 1440. The van der Waals surface area contributed by atoms with Gasteiger partial charge in [0.15, 0.2) is 0 Å². The van der Waals surface area contributed by atoms with Crippen molar-refractivity contribution in [2.24, 2.45) is 5.10 Å².